The number of nitriles is 1. The lowest BCUT2D eigenvalue weighted by atomic mass is 9.95. The van der Waals surface area contributed by atoms with Crippen LogP contribution in [0, 0.1) is 32.1 Å². The van der Waals surface area contributed by atoms with Gasteiger partial charge in [0.05, 0.1) is 12.1 Å². The number of nitrogens with one attached hydrogen (secondary N) is 1. The Morgan fingerprint density at radius 2 is 2.04 bits per heavy atom. The molecule has 0 unspecified atom stereocenters. The number of hydrogen-bond acceptors (Lipinski definition) is 4. The highest BCUT2D eigenvalue weighted by Gasteiger charge is 2.26. The van der Waals surface area contributed by atoms with Crippen molar-refractivity contribution in [3.05, 3.63) is 38.7 Å². The van der Waals surface area contributed by atoms with Crippen molar-refractivity contribution in [3.63, 3.8) is 0 Å². The molecule has 0 saturated heterocycles. The van der Waals surface area contributed by atoms with Crippen molar-refractivity contribution in [2.24, 2.45) is 0 Å². The van der Waals surface area contributed by atoms with Crippen LogP contribution in [0.4, 0.5) is 5.82 Å². The van der Waals surface area contributed by atoms with Crippen LogP contribution in [0.1, 0.15) is 65.4 Å². The van der Waals surface area contributed by atoms with Gasteiger partial charge in [0.15, 0.2) is 0 Å². The average Bonchev–Trinajstić information content (AvgIpc) is 3.16. The molecule has 3 rings (SSSR count). The topological polar surface area (TPSA) is 61.1 Å². The molecule has 1 N–H and O–H groups in total. The molecule has 0 bridgehead atoms. The lowest BCUT2D eigenvalue weighted by Crippen LogP contribution is -2.31. The fourth-order valence-electron chi connectivity index (χ4n) is 4.17. The number of anilines is 1. The average molecular weight is 399 g/mol. The standard InChI is InChI=1S/C22H30N4OS/c1-15-10-11-28-20(15)13-25(4)14-21(27)24-22-19(12-23)16(2)17(3)26(22)18-8-6-5-7-9-18/h10-11,18H,5-9,13-14H2,1-4H3,(H,24,27). The molecule has 1 fully saturated rings. The third-order valence-corrected chi connectivity index (χ3v) is 6.87. The zero-order chi connectivity index (χ0) is 20.3. The van der Waals surface area contributed by atoms with E-state index in [2.05, 4.69) is 41.2 Å². The molecule has 150 valence electrons. The Bertz CT molecular complexity index is 883. The van der Waals surface area contributed by atoms with Crippen molar-refractivity contribution >= 4 is 23.1 Å². The fraction of sp³-hybridized carbons (Fsp3) is 0.545. The van der Waals surface area contributed by atoms with E-state index in [0.29, 0.717) is 24.0 Å². The third-order valence-electron chi connectivity index (χ3n) is 5.86. The monoisotopic (exact) mass is 398 g/mol. The Morgan fingerprint density at radius 1 is 1.32 bits per heavy atom. The van der Waals surface area contributed by atoms with Gasteiger partial charge in [-0.15, -0.1) is 11.3 Å². The normalized spacial score (nSPS) is 15.0. The van der Waals surface area contributed by atoms with E-state index in [1.807, 2.05) is 18.9 Å². The van der Waals surface area contributed by atoms with Crippen LogP contribution >= 0.6 is 11.3 Å². The summed E-state index contributed by atoms with van der Waals surface area (Å²) in [6.07, 6.45) is 5.91. The van der Waals surface area contributed by atoms with Crippen LogP contribution in [0.25, 0.3) is 0 Å². The number of likely N-dealkylation sites (N-methyl/N-ethyl adjacent to an activating group) is 1. The Balaban J connectivity index is 1.77. The van der Waals surface area contributed by atoms with E-state index in [-0.39, 0.29) is 5.91 Å². The lowest BCUT2D eigenvalue weighted by molar-refractivity contribution is -0.117. The summed E-state index contributed by atoms with van der Waals surface area (Å²) in [7, 11) is 1.96. The van der Waals surface area contributed by atoms with Crippen molar-refractivity contribution < 1.29 is 4.79 Å². The van der Waals surface area contributed by atoms with Gasteiger partial charge in [-0.1, -0.05) is 19.3 Å². The number of nitrogens with zero attached hydrogens (tertiary/aromatic N) is 3. The number of aryl methyl sites for hydroxylation is 1. The van der Waals surface area contributed by atoms with Gasteiger partial charge in [-0.05, 0) is 63.2 Å². The van der Waals surface area contributed by atoms with Gasteiger partial charge in [-0.2, -0.15) is 5.26 Å². The molecular formula is C22H30N4OS. The second-order valence-corrected chi connectivity index (χ2v) is 8.96. The number of rotatable bonds is 6. The summed E-state index contributed by atoms with van der Waals surface area (Å²) in [5.41, 5.74) is 3.95. The third kappa shape index (κ3) is 4.31. The van der Waals surface area contributed by atoms with E-state index in [1.165, 1.54) is 29.7 Å². The van der Waals surface area contributed by atoms with Crippen LogP contribution in [-0.2, 0) is 11.3 Å². The molecule has 2 heterocycles. The number of aromatic nitrogens is 1. The first-order valence-electron chi connectivity index (χ1n) is 10.0. The summed E-state index contributed by atoms with van der Waals surface area (Å²) in [6.45, 7) is 7.20. The summed E-state index contributed by atoms with van der Waals surface area (Å²) >= 11 is 1.72. The minimum atomic E-state index is -0.0669. The summed E-state index contributed by atoms with van der Waals surface area (Å²) in [5.74, 6) is 0.623. The predicted octanol–water partition coefficient (Wildman–Crippen LogP) is 4.92. The maximum Gasteiger partial charge on any atom is 0.239 e. The Kier molecular flexibility index (Phi) is 6.58. The van der Waals surface area contributed by atoms with Gasteiger partial charge >= 0.3 is 0 Å². The van der Waals surface area contributed by atoms with Gasteiger partial charge in [0.25, 0.3) is 0 Å². The van der Waals surface area contributed by atoms with Gasteiger partial charge in [0.1, 0.15) is 11.9 Å². The molecule has 0 atom stereocenters. The van der Waals surface area contributed by atoms with Crippen LogP contribution in [0.2, 0.25) is 0 Å². The van der Waals surface area contributed by atoms with E-state index in [9.17, 15) is 10.1 Å². The molecule has 0 spiro atoms. The number of hydrogen-bond donors (Lipinski definition) is 1. The van der Waals surface area contributed by atoms with E-state index < -0.39 is 0 Å². The minimum absolute atomic E-state index is 0.0669. The van der Waals surface area contributed by atoms with Crippen molar-refractivity contribution in [1.29, 1.82) is 5.26 Å². The van der Waals surface area contributed by atoms with Crippen molar-refractivity contribution in [3.8, 4) is 6.07 Å². The highest BCUT2D eigenvalue weighted by Crippen LogP contribution is 2.36. The Hall–Kier alpha value is -2.10. The molecule has 0 aromatic carbocycles. The molecule has 0 radical (unpaired) electrons. The fourth-order valence-corrected chi connectivity index (χ4v) is 5.15. The molecule has 1 aliphatic carbocycles. The molecule has 2 aromatic rings. The van der Waals surface area contributed by atoms with Crippen LogP contribution < -0.4 is 5.32 Å². The number of amides is 1. The quantitative estimate of drug-likeness (QED) is 0.751. The Labute approximate surface area is 172 Å². The SMILES string of the molecule is Cc1ccsc1CN(C)CC(=O)Nc1c(C#N)c(C)c(C)n1C1CCCCC1. The molecule has 1 saturated carbocycles. The largest absolute Gasteiger partial charge is 0.327 e. The second-order valence-electron chi connectivity index (χ2n) is 7.95. The highest BCUT2D eigenvalue weighted by molar-refractivity contribution is 7.10. The van der Waals surface area contributed by atoms with Gasteiger partial charge in [0.2, 0.25) is 5.91 Å². The van der Waals surface area contributed by atoms with Gasteiger partial charge in [0, 0.05) is 23.2 Å². The molecule has 1 aliphatic rings. The summed E-state index contributed by atoms with van der Waals surface area (Å²) in [4.78, 5) is 16.1. The first-order valence-corrected chi connectivity index (χ1v) is 10.9. The number of carbonyl (C=O) groups excluding carboxylic acids is 1. The van der Waals surface area contributed by atoms with Crippen molar-refractivity contribution in [1.82, 2.24) is 9.47 Å². The maximum absolute atomic E-state index is 12.8. The van der Waals surface area contributed by atoms with Crippen LogP contribution in [-0.4, -0.2) is 29.0 Å². The summed E-state index contributed by atoms with van der Waals surface area (Å²) in [5, 5.41) is 14.9. The van der Waals surface area contributed by atoms with Crippen LogP contribution in [0.15, 0.2) is 11.4 Å². The van der Waals surface area contributed by atoms with Crippen LogP contribution in [0.3, 0.4) is 0 Å². The molecular weight excluding hydrogens is 368 g/mol. The summed E-state index contributed by atoms with van der Waals surface area (Å²) in [6, 6.07) is 4.80. The zero-order valence-electron chi connectivity index (χ0n) is 17.3. The molecule has 0 aliphatic heterocycles. The molecule has 5 nitrogen and oxygen atoms in total. The first kappa shape index (κ1) is 20.6. The van der Waals surface area contributed by atoms with E-state index in [0.717, 1.165) is 30.6 Å². The maximum atomic E-state index is 12.8. The van der Waals surface area contributed by atoms with Gasteiger partial charge < -0.3 is 9.88 Å². The number of thiophene rings is 1. The second kappa shape index (κ2) is 8.93. The highest BCUT2D eigenvalue weighted by atomic mass is 32.1. The van der Waals surface area contributed by atoms with Crippen molar-refractivity contribution in [2.75, 3.05) is 18.9 Å². The lowest BCUT2D eigenvalue weighted by Gasteiger charge is -2.27. The molecule has 1 amide bonds. The van der Waals surface area contributed by atoms with E-state index in [4.69, 9.17) is 0 Å². The minimum Gasteiger partial charge on any atom is -0.327 e. The first-order chi connectivity index (χ1) is 13.4. The summed E-state index contributed by atoms with van der Waals surface area (Å²) < 4.78 is 2.22. The smallest absolute Gasteiger partial charge is 0.239 e. The molecule has 2 aromatic heterocycles. The predicted molar refractivity (Wildman–Crippen MR) is 115 cm³/mol. The zero-order valence-corrected chi connectivity index (χ0v) is 18.2. The van der Waals surface area contributed by atoms with Crippen LogP contribution in [0.5, 0.6) is 0 Å². The Morgan fingerprint density at radius 3 is 2.64 bits per heavy atom. The van der Waals surface area contributed by atoms with Crippen molar-refractivity contribution in [2.45, 2.75) is 65.5 Å². The van der Waals surface area contributed by atoms with Gasteiger partial charge in [-0.25, -0.2) is 0 Å². The van der Waals surface area contributed by atoms with Gasteiger partial charge in [-0.3, -0.25) is 9.69 Å². The van der Waals surface area contributed by atoms with E-state index >= 15 is 0 Å². The number of carbonyl (C=O) groups is 1. The molecule has 28 heavy (non-hydrogen) atoms. The molecule has 6 heteroatoms. The van der Waals surface area contributed by atoms with E-state index in [1.54, 1.807) is 11.3 Å².